The minimum atomic E-state index is -0.105. The molecule has 28 heavy (non-hydrogen) atoms. The Bertz CT molecular complexity index is 992. The number of aromatic nitrogens is 1. The van der Waals surface area contributed by atoms with Gasteiger partial charge in [-0.3, -0.25) is 4.79 Å². The average Bonchev–Trinajstić information content (AvgIpc) is 3.33. The van der Waals surface area contributed by atoms with E-state index in [-0.39, 0.29) is 11.9 Å². The molecule has 0 unspecified atom stereocenters. The first-order chi connectivity index (χ1) is 13.6. The minimum Gasteiger partial charge on any atom is -0.496 e. The summed E-state index contributed by atoms with van der Waals surface area (Å²) in [4.78, 5) is 19.4. The smallest absolute Gasteiger partial charge is 0.295 e. The number of rotatable bonds is 5. The highest BCUT2D eigenvalue weighted by Crippen LogP contribution is 2.31. The molecule has 1 aliphatic heterocycles. The van der Waals surface area contributed by atoms with E-state index >= 15 is 0 Å². The second-order valence-electron chi connectivity index (χ2n) is 6.91. The van der Waals surface area contributed by atoms with Gasteiger partial charge in [-0.25, -0.2) is 0 Å². The van der Waals surface area contributed by atoms with Crippen molar-refractivity contribution in [3.63, 3.8) is 0 Å². The van der Waals surface area contributed by atoms with Gasteiger partial charge in [0.2, 0.25) is 0 Å². The van der Waals surface area contributed by atoms with E-state index in [0.717, 1.165) is 23.1 Å². The molecule has 0 bridgehead atoms. The molecule has 2 heterocycles. The first-order valence-electron chi connectivity index (χ1n) is 9.23. The van der Waals surface area contributed by atoms with Crippen LogP contribution in [0.3, 0.4) is 0 Å². The molecule has 7 nitrogen and oxygen atoms in total. The zero-order valence-corrected chi connectivity index (χ0v) is 16.2. The van der Waals surface area contributed by atoms with Crippen molar-refractivity contribution in [2.75, 3.05) is 32.6 Å². The second-order valence-corrected chi connectivity index (χ2v) is 6.91. The molecule has 1 N–H and O–H groups in total. The zero-order chi connectivity index (χ0) is 19.7. The summed E-state index contributed by atoms with van der Waals surface area (Å²) in [6.45, 7) is 3.20. The molecule has 1 amide bonds. The van der Waals surface area contributed by atoms with Gasteiger partial charge in [0.25, 0.3) is 11.9 Å². The monoisotopic (exact) mass is 381 g/mol. The third-order valence-corrected chi connectivity index (χ3v) is 4.99. The van der Waals surface area contributed by atoms with E-state index in [4.69, 9.17) is 13.9 Å². The normalized spacial score (nSPS) is 16.4. The van der Waals surface area contributed by atoms with Gasteiger partial charge in [0.1, 0.15) is 22.6 Å². The van der Waals surface area contributed by atoms with Crippen molar-refractivity contribution in [1.29, 1.82) is 0 Å². The van der Waals surface area contributed by atoms with Gasteiger partial charge in [-0.15, -0.1) is 0 Å². The average molecular weight is 381 g/mol. The fraction of sp³-hybridized carbons (Fsp3) is 0.333. The molecule has 1 fully saturated rings. The maximum absolute atomic E-state index is 13.1. The summed E-state index contributed by atoms with van der Waals surface area (Å²) < 4.78 is 16.5. The number of likely N-dealkylation sites (tertiary alicyclic amines) is 1. The summed E-state index contributed by atoms with van der Waals surface area (Å²) in [7, 11) is 3.10. The SMILES string of the molecule is COc1cccc(OC)c1C(=O)N1CC[C@@H](Nc2nc3ccc(C)cc3o2)C1. The summed E-state index contributed by atoms with van der Waals surface area (Å²) in [5, 5.41) is 3.31. The predicted molar refractivity (Wildman–Crippen MR) is 106 cm³/mol. The van der Waals surface area contributed by atoms with Crippen molar-refractivity contribution in [3.8, 4) is 11.5 Å². The Balaban J connectivity index is 1.48. The molecule has 146 valence electrons. The molecule has 1 atom stereocenters. The van der Waals surface area contributed by atoms with E-state index in [1.165, 1.54) is 0 Å². The van der Waals surface area contributed by atoms with Crippen molar-refractivity contribution in [3.05, 3.63) is 47.5 Å². The highest BCUT2D eigenvalue weighted by Gasteiger charge is 2.31. The van der Waals surface area contributed by atoms with Crippen LogP contribution in [0.25, 0.3) is 11.1 Å². The summed E-state index contributed by atoms with van der Waals surface area (Å²) >= 11 is 0. The van der Waals surface area contributed by atoms with Crippen LogP contribution in [0.2, 0.25) is 0 Å². The number of amides is 1. The van der Waals surface area contributed by atoms with E-state index in [9.17, 15) is 4.79 Å². The number of anilines is 1. The van der Waals surface area contributed by atoms with Crippen molar-refractivity contribution < 1.29 is 18.7 Å². The van der Waals surface area contributed by atoms with Gasteiger partial charge in [-0.05, 0) is 43.2 Å². The Labute approximate surface area is 163 Å². The maximum atomic E-state index is 13.1. The summed E-state index contributed by atoms with van der Waals surface area (Å²) in [6, 6.07) is 11.8. The van der Waals surface area contributed by atoms with Crippen LogP contribution < -0.4 is 14.8 Å². The van der Waals surface area contributed by atoms with E-state index in [1.807, 2.05) is 25.1 Å². The lowest BCUT2D eigenvalue weighted by molar-refractivity contribution is 0.0784. The molecule has 0 aliphatic carbocycles. The minimum absolute atomic E-state index is 0.0683. The Kier molecular flexibility index (Phi) is 4.81. The van der Waals surface area contributed by atoms with Crippen molar-refractivity contribution in [2.45, 2.75) is 19.4 Å². The third kappa shape index (κ3) is 3.35. The fourth-order valence-electron chi connectivity index (χ4n) is 3.55. The largest absolute Gasteiger partial charge is 0.496 e. The van der Waals surface area contributed by atoms with Crippen LogP contribution >= 0.6 is 0 Å². The number of hydrogen-bond acceptors (Lipinski definition) is 6. The number of carbonyl (C=O) groups excluding carboxylic acids is 1. The standard InChI is InChI=1S/C21H23N3O4/c1-13-7-8-15-18(11-13)28-21(23-15)22-14-9-10-24(12-14)20(25)19-16(26-2)5-4-6-17(19)27-3/h4-8,11,14H,9-10,12H2,1-3H3,(H,22,23)/t14-/m1/s1. The Hall–Kier alpha value is -3.22. The first-order valence-corrected chi connectivity index (χ1v) is 9.23. The predicted octanol–water partition coefficient (Wildman–Crippen LogP) is 3.48. The molecule has 2 aromatic carbocycles. The van der Waals surface area contributed by atoms with Crippen LogP contribution in [0.1, 0.15) is 22.3 Å². The van der Waals surface area contributed by atoms with Crippen LogP contribution in [-0.2, 0) is 0 Å². The number of carbonyl (C=O) groups is 1. The van der Waals surface area contributed by atoms with Gasteiger partial charge in [-0.2, -0.15) is 4.98 Å². The number of ether oxygens (including phenoxy) is 2. The molecule has 0 saturated carbocycles. The van der Waals surface area contributed by atoms with Gasteiger partial charge in [0.05, 0.1) is 14.2 Å². The van der Waals surface area contributed by atoms with E-state index in [0.29, 0.717) is 36.2 Å². The lowest BCUT2D eigenvalue weighted by Crippen LogP contribution is -2.32. The van der Waals surface area contributed by atoms with Gasteiger partial charge < -0.3 is 24.1 Å². The fourth-order valence-corrected chi connectivity index (χ4v) is 3.55. The van der Waals surface area contributed by atoms with Crippen LogP contribution in [-0.4, -0.2) is 49.1 Å². The van der Waals surface area contributed by atoms with E-state index < -0.39 is 0 Å². The highest BCUT2D eigenvalue weighted by molar-refractivity contribution is 6.00. The van der Waals surface area contributed by atoms with Crippen molar-refractivity contribution >= 4 is 23.0 Å². The number of benzene rings is 2. The third-order valence-electron chi connectivity index (χ3n) is 4.99. The summed E-state index contributed by atoms with van der Waals surface area (Å²) in [5.41, 5.74) is 3.15. The Morgan fingerprint density at radius 2 is 1.96 bits per heavy atom. The quantitative estimate of drug-likeness (QED) is 0.729. The molecule has 1 aromatic heterocycles. The molecule has 0 radical (unpaired) electrons. The number of fused-ring (bicyclic) bond motifs is 1. The van der Waals surface area contributed by atoms with Crippen LogP contribution in [0.4, 0.5) is 6.01 Å². The summed E-state index contributed by atoms with van der Waals surface area (Å²) in [6.07, 6.45) is 0.807. The van der Waals surface area contributed by atoms with Crippen molar-refractivity contribution in [1.82, 2.24) is 9.88 Å². The molecule has 1 saturated heterocycles. The lowest BCUT2D eigenvalue weighted by Gasteiger charge is -2.20. The van der Waals surface area contributed by atoms with Gasteiger partial charge in [0, 0.05) is 19.1 Å². The molecule has 0 spiro atoms. The summed E-state index contributed by atoms with van der Waals surface area (Å²) in [5.74, 6) is 0.914. The molecular weight excluding hydrogens is 358 g/mol. The van der Waals surface area contributed by atoms with E-state index in [2.05, 4.69) is 10.3 Å². The second kappa shape index (κ2) is 7.42. The van der Waals surface area contributed by atoms with Crippen molar-refractivity contribution in [2.24, 2.45) is 0 Å². The molecular formula is C21H23N3O4. The van der Waals surface area contributed by atoms with Gasteiger partial charge in [0.15, 0.2) is 5.58 Å². The number of nitrogens with zero attached hydrogens (tertiary/aromatic N) is 2. The number of methoxy groups -OCH3 is 2. The van der Waals surface area contributed by atoms with Gasteiger partial charge in [-0.1, -0.05) is 12.1 Å². The first kappa shape index (κ1) is 18.2. The number of oxazole rings is 1. The molecule has 4 rings (SSSR count). The molecule has 7 heteroatoms. The van der Waals surface area contributed by atoms with Gasteiger partial charge >= 0.3 is 0 Å². The maximum Gasteiger partial charge on any atom is 0.295 e. The van der Waals surface area contributed by atoms with E-state index in [1.54, 1.807) is 37.3 Å². The molecule has 1 aliphatic rings. The Morgan fingerprint density at radius 3 is 2.68 bits per heavy atom. The lowest BCUT2D eigenvalue weighted by atomic mass is 10.1. The molecule has 3 aromatic rings. The Morgan fingerprint density at radius 1 is 1.21 bits per heavy atom. The topological polar surface area (TPSA) is 76.8 Å². The number of aryl methyl sites for hydroxylation is 1. The number of hydrogen-bond donors (Lipinski definition) is 1. The van der Waals surface area contributed by atoms with Crippen LogP contribution in [0, 0.1) is 6.92 Å². The van der Waals surface area contributed by atoms with Crippen LogP contribution in [0.5, 0.6) is 11.5 Å². The van der Waals surface area contributed by atoms with Crippen LogP contribution in [0.15, 0.2) is 40.8 Å². The highest BCUT2D eigenvalue weighted by atomic mass is 16.5. The number of nitrogens with one attached hydrogen (secondary N) is 1. The zero-order valence-electron chi connectivity index (χ0n) is 16.2.